The molecule has 1 atom stereocenters. The first-order chi connectivity index (χ1) is 12.2. The van der Waals surface area contributed by atoms with Gasteiger partial charge in [-0.1, -0.05) is 18.2 Å². The molecular weight excluding hydrogens is 355 g/mol. The molecule has 0 aromatic heterocycles. The standard InChI is InChI=1S/C17H16F3NO5/c1-26-16(25)10(5-4-8-13(22)17(18,19)20)9-21-14(23)11-6-2-3-7-12(11)15(21)24/h2-3,5-7,13,22H,4,8-9H2,1H3/b10-5-. The van der Waals surface area contributed by atoms with E-state index < -0.39 is 43.0 Å². The van der Waals surface area contributed by atoms with Crippen molar-refractivity contribution >= 4 is 17.8 Å². The Morgan fingerprint density at radius 3 is 2.23 bits per heavy atom. The predicted molar refractivity (Wildman–Crippen MR) is 83.2 cm³/mol. The number of ether oxygens (including phenoxy) is 1. The zero-order valence-corrected chi connectivity index (χ0v) is 13.7. The van der Waals surface area contributed by atoms with Crippen LogP contribution in [-0.4, -0.2) is 53.7 Å². The second-order valence-corrected chi connectivity index (χ2v) is 5.60. The van der Waals surface area contributed by atoms with Gasteiger partial charge >= 0.3 is 12.1 Å². The number of carbonyl (C=O) groups excluding carboxylic acids is 3. The number of carbonyl (C=O) groups is 3. The number of imide groups is 1. The fourth-order valence-corrected chi connectivity index (χ4v) is 2.48. The molecule has 9 heteroatoms. The molecule has 0 saturated heterocycles. The fourth-order valence-electron chi connectivity index (χ4n) is 2.48. The van der Waals surface area contributed by atoms with E-state index in [1.54, 1.807) is 12.1 Å². The number of nitrogens with zero attached hydrogens (tertiary/aromatic N) is 1. The summed E-state index contributed by atoms with van der Waals surface area (Å²) in [6, 6.07) is 6.11. The molecule has 1 aliphatic rings. The van der Waals surface area contributed by atoms with Gasteiger partial charge in [0.05, 0.1) is 30.4 Å². The number of aliphatic hydroxyl groups is 1. The van der Waals surface area contributed by atoms with Gasteiger partial charge in [-0.3, -0.25) is 14.5 Å². The number of alkyl halides is 3. The van der Waals surface area contributed by atoms with Crippen LogP contribution in [0.5, 0.6) is 0 Å². The number of rotatable bonds is 6. The predicted octanol–water partition coefficient (Wildman–Crippen LogP) is 2.09. The molecule has 0 aliphatic carbocycles. The fraction of sp³-hybridized carbons (Fsp3) is 0.353. The number of halogens is 3. The van der Waals surface area contributed by atoms with Crippen molar-refractivity contribution in [2.75, 3.05) is 13.7 Å². The van der Waals surface area contributed by atoms with Crippen molar-refractivity contribution < 1.29 is 37.4 Å². The number of hydrogen-bond acceptors (Lipinski definition) is 5. The number of allylic oxidation sites excluding steroid dienone is 1. The molecule has 1 unspecified atom stereocenters. The lowest BCUT2D eigenvalue weighted by atomic mass is 10.1. The third kappa shape index (κ3) is 4.10. The molecule has 1 aromatic carbocycles. The topological polar surface area (TPSA) is 83.9 Å². The van der Waals surface area contributed by atoms with Gasteiger partial charge in [0.15, 0.2) is 0 Å². The Bertz CT molecular complexity index is 722. The van der Waals surface area contributed by atoms with Crippen molar-refractivity contribution in [2.24, 2.45) is 0 Å². The minimum Gasteiger partial charge on any atom is -0.466 e. The molecule has 1 aliphatic heterocycles. The lowest BCUT2D eigenvalue weighted by Crippen LogP contribution is -2.33. The van der Waals surface area contributed by atoms with Crippen molar-refractivity contribution in [3.63, 3.8) is 0 Å². The highest BCUT2D eigenvalue weighted by Crippen LogP contribution is 2.25. The highest BCUT2D eigenvalue weighted by atomic mass is 19.4. The summed E-state index contributed by atoms with van der Waals surface area (Å²) in [6.07, 6.45) is -7.11. The smallest absolute Gasteiger partial charge is 0.414 e. The zero-order chi connectivity index (χ0) is 19.5. The second kappa shape index (κ2) is 7.69. The molecule has 1 aromatic rings. The van der Waals surface area contributed by atoms with Crippen LogP contribution in [0.4, 0.5) is 13.2 Å². The summed E-state index contributed by atoms with van der Waals surface area (Å²) in [5.74, 6) is -2.07. The van der Waals surface area contributed by atoms with Crippen molar-refractivity contribution in [1.82, 2.24) is 4.90 Å². The summed E-state index contributed by atoms with van der Waals surface area (Å²) in [4.78, 5) is 37.3. The van der Waals surface area contributed by atoms with Crippen LogP contribution in [0.25, 0.3) is 0 Å². The first kappa shape index (κ1) is 19.6. The second-order valence-electron chi connectivity index (χ2n) is 5.60. The summed E-state index contributed by atoms with van der Waals surface area (Å²) in [5, 5.41) is 8.99. The van der Waals surface area contributed by atoms with Gasteiger partial charge in [0.1, 0.15) is 6.10 Å². The normalized spacial score (nSPS) is 15.9. The third-order valence-corrected chi connectivity index (χ3v) is 3.86. The molecule has 2 amide bonds. The van der Waals surface area contributed by atoms with E-state index in [1.807, 2.05) is 0 Å². The molecule has 0 fully saturated rings. The largest absolute Gasteiger partial charge is 0.466 e. The molecule has 0 spiro atoms. The number of hydrogen-bond donors (Lipinski definition) is 1. The maximum atomic E-state index is 12.3. The van der Waals surface area contributed by atoms with Gasteiger partial charge in [-0.15, -0.1) is 0 Å². The summed E-state index contributed by atoms with van der Waals surface area (Å²) < 4.78 is 41.5. The highest BCUT2D eigenvalue weighted by Gasteiger charge is 2.38. The number of benzene rings is 1. The van der Waals surface area contributed by atoms with Gasteiger partial charge in [-0.25, -0.2) is 4.79 Å². The number of amides is 2. The zero-order valence-electron chi connectivity index (χ0n) is 13.7. The van der Waals surface area contributed by atoms with Crippen LogP contribution in [0.1, 0.15) is 33.6 Å². The van der Waals surface area contributed by atoms with E-state index in [1.165, 1.54) is 12.1 Å². The SMILES string of the molecule is COC(=O)/C(=C\CCC(O)C(F)(F)F)CN1C(=O)c2ccccc2C1=O. The summed E-state index contributed by atoms with van der Waals surface area (Å²) in [6.45, 7) is -0.429. The van der Waals surface area contributed by atoms with Crippen LogP contribution in [-0.2, 0) is 9.53 Å². The summed E-state index contributed by atoms with van der Waals surface area (Å²) >= 11 is 0. The van der Waals surface area contributed by atoms with Crippen LogP contribution in [0, 0.1) is 0 Å². The van der Waals surface area contributed by atoms with Crippen molar-refractivity contribution in [3.05, 3.63) is 47.0 Å². The van der Waals surface area contributed by atoms with Crippen LogP contribution in [0.2, 0.25) is 0 Å². The average molecular weight is 371 g/mol. The molecule has 1 heterocycles. The molecule has 1 N–H and O–H groups in total. The molecule has 0 bridgehead atoms. The van der Waals surface area contributed by atoms with E-state index in [4.69, 9.17) is 5.11 Å². The van der Waals surface area contributed by atoms with Crippen LogP contribution in [0.3, 0.4) is 0 Å². The van der Waals surface area contributed by atoms with E-state index in [-0.39, 0.29) is 23.1 Å². The van der Waals surface area contributed by atoms with Crippen molar-refractivity contribution in [1.29, 1.82) is 0 Å². The number of fused-ring (bicyclic) bond motifs is 1. The quantitative estimate of drug-likeness (QED) is 0.470. The highest BCUT2D eigenvalue weighted by molar-refractivity contribution is 6.21. The van der Waals surface area contributed by atoms with E-state index >= 15 is 0 Å². The molecule has 140 valence electrons. The molecule has 6 nitrogen and oxygen atoms in total. The Balaban J connectivity index is 2.14. The Labute approximate surface area is 146 Å². The first-order valence-corrected chi connectivity index (χ1v) is 7.64. The molecule has 0 saturated carbocycles. The Morgan fingerprint density at radius 1 is 1.23 bits per heavy atom. The number of aliphatic hydroxyl groups excluding tert-OH is 1. The minimum absolute atomic E-state index is 0.142. The first-order valence-electron chi connectivity index (χ1n) is 7.64. The molecule has 0 radical (unpaired) electrons. The number of esters is 1. The number of methoxy groups -OCH3 is 1. The third-order valence-electron chi connectivity index (χ3n) is 3.86. The van der Waals surface area contributed by atoms with Crippen molar-refractivity contribution in [3.8, 4) is 0 Å². The van der Waals surface area contributed by atoms with Crippen LogP contribution < -0.4 is 0 Å². The van der Waals surface area contributed by atoms with E-state index in [0.717, 1.165) is 18.1 Å². The molecule has 2 rings (SSSR count). The van der Waals surface area contributed by atoms with Gasteiger partial charge in [-0.2, -0.15) is 13.2 Å². The Morgan fingerprint density at radius 2 is 1.77 bits per heavy atom. The maximum absolute atomic E-state index is 12.3. The van der Waals surface area contributed by atoms with Gasteiger partial charge in [0, 0.05) is 0 Å². The lowest BCUT2D eigenvalue weighted by molar-refractivity contribution is -0.205. The molecular formula is C17H16F3NO5. The Kier molecular flexibility index (Phi) is 5.81. The van der Waals surface area contributed by atoms with Gasteiger partial charge in [0.25, 0.3) is 11.8 Å². The average Bonchev–Trinajstić information content (AvgIpc) is 2.84. The van der Waals surface area contributed by atoms with E-state index in [2.05, 4.69) is 4.74 Å². The minimum atomic E-state index is -4.76. The van der Waals surface area contributed by atoms with Gasteiger partial charge < -0.3 is 9.84 Å². The van der Waals surface area contributed by atoms with E-state index in [9.17, 15) is 27.6 Å². The van der Waals surface area contributed by atoms with Crippen LogP contribution in [0.15, 0.2) is 35.9 Å². The van der Waals surface area contributed by atoms with Crippen LogP contribution >= 0.6 is 0 Å². The molecule has 26 heavy (non-hydrogen) atoms. The van der Waals surface area contributed by atoms with Gasteiger partial charge in [0.2, 0.25) is 0 Å². The summed E-state index contributed by atoms with van der Waals surface area (Å²) in [5.41, 5.74) is 0.236. The summed E-state index contributed by atoms with van der Waals surface area (Å²) in [7, 11) is 1.07. The lowest BCUT2D eigenvalue weighted by Gasteiger charge is -2.16. The van der Waals surface area contributed by atoms with E-state index in [0.29, 0.717) is 0 Å². The maximum Gasteiger partial charge on any atom is 0.414 e. The van der Waals surface area contributed by atoms with Gasteiger partial charge in [-0.05, 0) is 25.0 Å². The van der Waals surface area contributed by atoms with Crippen molar-refractivity contribution in [2.45, 2.75) is 25.1 Å². The monoisotopic (exact) mass is 371 g/mol. The Hall–Kier alpha value is -2.68.